The number of rotatable bonds is 55. The Morgan fingerprint density at radius 2 is 1.15 bits per heavy atom. The number of pyridine rings is 1. The fourth-order valence-corrected chi connectivity index (χ4v) is 11.9. The molecule has 3 aliphatic rings. The van der Waals surface area contributed by atoms with E-state index in [1.807, 2.05) is 11.8 Å². The molecule has 3 saturated heterocycles. The molecule has 0 saturated carbocycles. The highest BCUT2D eigenvalue weighted by molar-refractivity contribution is 8.00. The molecule has 0 aromatic carbocycles. The fraction of sp³-hybridized carbons (Fsp3) is 0.746. The van der Waals surface area contributed by atoms with E-state index in [1.54, 1.807) is 19.1 Å². The van der Waals surface area contributed by atoms with E-state index < -0.39 is 23.8 Å². The second kappa shape index (κ2) is 50.3. The van der Waals surface area contributed by atoms with Crippen molar-refractivity contribution < 1.29 is 76.6 Å². The number of carbonyl (C=O) groups excluding carboxylic acids is 12. The second-order valence-corrected chi connectivity index (χ2v) is 25.1. The summed E-state index contributed by atoms with van der Waals surface area (Å²) in [5.74, 6) is -0.357. The molecule has 25 heteroatoms. The molecule has 4 rings (SSSR count). The molecule has 6 N–H and O–H groups in total. The Balaban J connectivity index is 0.000000611. The molecular formula is C67H108N8O16S. The van der Waals surface area contributed by atoms with Crippen molar-refractivity contribution in [2.45, 2.75) is 256 Å². The number of amides is 7. The van der Waals surface area contributed by atoms with Crippen molar-refractivity contribution in [1.29, 1.82) is 0 Å². The highest BCUT2D eigenvalue weighted by atomic mass is 32.2. The second-order valence-electron chi connectivity index (χ2n) is 23.8. The molecule has 0 bridgehead atoms. The smallest absolute Gasteiger partial charge is 0.333 e. The largest absolute Gasteiger partial charge is 0.379 e. The maximum atomic E-state index is 12.6. The molecule has 1 aromatic rings. The van der Waals surface area contributed by atoms with Gasteiger partial charge in [-0.3, -0.25) is 47.9 Å². The lowest BCUT2D eigenvalue weighted by molar-refractivity contribution is -0.197. The van der Waals surface area contributed by atoms with Gasteiger partial charge in [0.05, 0.1) is 56.7 Å². The molecule has 3 fully saturated rings. The number of imide groups is 1. The number of hydrogen-bond donors (Lipinski definition) is 6. The van der Waals surface area contributed by atoms with Gasteiger partial charge < -0.3 is 50.9 Å². The van der Waals surface area contributed by atoms with Crippen LogP contribution in [0.2, 0.25) is 0 Å². The van der Waals surface area contributed by atoms with Gasteiger partial charge in [-0.2, -0.15) is 11.8 Å². The number of fused-ring (bicyclic) bond motifs is 1. The van der Waals surface area contributed by atoms with Gasteiger partial charge in [-0.25, -0.2) is 14.6 Å². The molecule has 4 heterocycles. The van der Waals surface area contributed by atoms with E-state index in [0.29, 0.717) is 157 Å². The Kier molecular flexibility index (Phi) is 43.8. The number of hydrogen-bond acceptors (Lipinski definition) is 19. The van der Waals surface area contributed by atoms with Gasteiger partial charge in [-0.1, -0.05) is 58.8 Å². The zero-order chi connectivity index (χ0) is 67.0. The number of hydroxylamine groups is 2. The van der Waals surface area contributed by atoms with E-state index in [2.05, 4.69) is 43.8 Å². The number of nitrogens with one attached hydrogen (secondary N) is 6. The summed E-state index contributed by atoms with van der Waals surface area (Å²) in [7, 11) is 0. The minimum Gasteiger partial charge on any atom is -0.379 e. The highest BCUT2D eigenvalue weighted by Gasteiger charge is 2.42. The zero-order valence-electron chi connectivity index (χ0n) is 55.3. The molecular weight excluding hydrogens is 1200 g/mol. The van der Waals surface area contributed by atoms with Crippen LogP contribution >= 0.6 is 11.8 Å². The summed E-state index contributed by atoms with van der Waals surface area (Å²) in [5.41, 5.74) is 0.437. The summed E-state index contributed by atoms with van der Waals surface area (Å²) in [6, 6.07) is 3.18. The first-order valence-electron chi connectivity index (χ1n) is 34.1. The number of ether oxygens (including phenoxy) is 3. The van der Waals surface area contributed by atoms with Gasteiger partial charge in [0.1, 0.15) is 29.0 Å². The third-order valence-electron chi connectivity index (χ3n) is 15.8. The van der Waals surface area contributed by atoms with Crippen LogP contribution in [0.4, 0.5) is 10.6 Å². The Morgan fingerprint density at radius 3 is 1.76 bits per heavy atom. The molecule has 3 aliphatic heterocycles. The molecule has 0 unspecified atom stereocenters. The monoisotopic (exact) mass is 1310 g/mol. The molecule has 0 aliphatic carbocycles. The molecule has 92 heavy (non-hydrogen) atoms. The van der Waals surface area contributed by atoms with Crippen molar-refractivity contribution in [2.75, 3.05) is 70.3 Å². The summed E-state index contributed by atoms with van der Waals surface area (Å²) in [6.45, 7) is 10.5. The van der Waals surface area contributed by atoms with Crippen LogP contribution in [0.15, 0.2) is 18.3 Å². The summed E-state index contributed by atoms with van der Waals surface area (Å²) in [6.07, 6.45) is 21.9. The summed E-state index contributed by atoms with van der Waals surface area (Å²) < 4.78 is 16.4. The zero-order valence-corrected chi connectivity index (χ0v) is 56.1. The molecule has 4 atom stereocenters. The number of unbranched alkanes of at least 4 members (excludes halogenated alkanes) is 12. The number of aromatic nitrogens is 1. The number of nitrogens with zero attached hydrogens (tertiary/aromatic N) is 2. The van der Waals surface area contributed by atoms with Crippen LogP contribution in [0.25, 0.3) is 0 Å². The molecule has 7 amide bonds. The van der Waals surface area contributed by atoms with Gasteiger partial charge in [0.25, 0.3) is 17.7 Å². The van der Waals surface area contributed by atoms with Crippen molar-refractivity contribution in [3.05, 3.63) is 23.9 Å². The van der Waals surface area contributed by atoms with Crippen LogP contribution in [-0.2, 0) is 67.0 Å². The van der Waals surface area contributed by atoms with Crippen LogP contribution in [0.3, 0.4) is 0 Å². The number of anilines is 1. The molecule has 0 spiro atoms. The lowest BCUT2D eigenvalue weighted by atomic mass is 10.0. The lowest BCUT2D eigenvalue weighted by Gasteiger charge is -2.17. The average Bonchev–Trinajstić information content (AvgIpc) is 1.74. The number of Topliss-reactive ketones (excluding diaryl/α,β-unsaturated/α-hetero) is 5. The fourth-order valence-electron chi connectivity index (χ4n) is 10.4. The standard InChI is InChI=1S/C45H68N6O11.C22H40N2O5S/c1-3-38(55)37(50-41(57)26-24-36(54)19-10-5-7-13-22-44(60)62-51-42(58)27-28-43(51)59)20-14-16-29-46-40(56)21-12-6-4-9-17-35(53)18-11-8-15-30-47-45(61)34-23-25-39(49-32-34)48-31-33(2)52;1-2-3-11-27-13-15-29-16-14-28-12-7-6-9-18(25)8-4-5-10-20-21-19(17-30-20)23-22(26)24-21/h23,25,32,37H,3-22,24,26-31H2,1-2H3,(H,46,56)(H,47,61)(H,48,49)(H,50,57);19-21H,2-17H2,1H3,(H2,23,24,26)/t37-;19-,20-,21-/m00/s1. The van der Waals surface area contributed by atoms with E-state index >= 15 is 0 Å². The number of carbonyl (C=O) groups is 12. The summed E-state index contributed by atoms with van der Waals surface area (Å²) in [5, 5.41) is 18.4. The predicted octanol–water partition coefficient (Wildman–Crippen LogP) is 8.63. The van der Waals surface area contributed by atoms with E-state index in [1.165, 1.54) is 13.1 Å². The van der Waals surface area contributed by atoms with E-state index in [0.717, 1.165) is 102 Å². The van der Waals surface area contributed by atoms with Gasteiger partial charge >= 0.3 is 12.0 Å². The van der Waals surface area contributed by atoms with Gasteiger partial charge in [-0.05, 0) is 109 Å². The third kappa shape index (κ3) is 38.1. The number of urea groups is 1. The van der Waals surface area contributed by atoms with E-state index in [4.69, 9.17) is 19.0 Å². The van der Waals surface area contributed by atoms with Crippen LogP contribution in [0.5, 0.6) is 0 Å². The van der Waals surface area contributed by atoms with Crippen LogP contribution in [-0.4, -0.2) is 169 Å². The maximum absolute atomic E-state index is 12.6. The predicted molar refractivity (Wildman–Crippen MR) is 350 cm³/mol. The highest BCUT2D eigenvalue weighted by Crippen LogP contribution is 2.33. The molecule has 1 aromatic heterocycles. The quantitative estimate of drug-likeness (QED) is 0.0202. The van der Waals surface area contributed by atoms with E-state index in [-0.39, 0.29) is 104 Å². The Hall–Kier alpha value is -6.18. The van der Waals surface area contributed by atoms with Crippen molar-refractivity contribution in [2.24, 2.45) is 0 Å². The van der Waals surface area contributed by atoms with Gasteiger partial charge in [-0.15, -0.1) is 5.06 Å². The maximum Gasteiger partial charge on any atom is 0.333 e. The number of ketones is 5. The number of thioether (sulfide) groups is 1. The van der Waals surface area contributed by atoms with Gasteiger partial charge in [0.2, 0.25) is 11.8 Å². The first kappa shape index (κ1) is 80.1. The third-order valence-corrected chi connectivity index (χ3v) is 17.3. The first-order chi connectivity index (χ1) is 44.5. The minimum atomic E-state index is -0.646. The van der Waals surface area contributed by atoms with Crippen molar-refractivity contribution in [1.82, 2.24) is 36.6 Å². The Morgan fingerprint density at radius 1 is 0.598 bits per heavy atom. The van der Waals surface area contributed by atoms with Gasteiger partial charge in [0, 0.05) is 121 Å². The van der Waals surface area contributed by atoms with E-state index in [9.17, 15) is 57.5 Å². The topological polar surface area (TPSA) is 330 Å². The van der Waals surface area contributed by atoms with Crippen LogP contribution < -0.4 is 31.9 Å². The molecule has 518 valence electrons. The van der Waals surface area contributed by atoms with Crippen molar-refractivity contribution >= 4 is 88.0 Å². The lowest BCUT2D eigenvalue weighted by Crippen LogP contribution is -2.40. The molecule has 0 radical (unpaired) electrons. The average molecular weight is 1310 g/mol. The van der Waals surface area contributed by atoms with Crippen LogP contribution in [0, 0.1) is 0 Å². The summed E-state index contributed by atoms with van der Waals surface area (Å²) in [4.78, 5) is 153. The van der Waals surface area contributed by atoms with Crippen molar-refractivity contribution in [3.8, 4) is 0 Å². The Labute approximate surface area is 549 Å². The molecule has 24 nitrogen and oxygen atoms in total. The van der Waals surface area contributed by atoms with Crippen LogP contribution in [0.1, 0.15) is 243 Å². The Bertz CT molecular complexity index is 2400. The minimum absolute atomic E-state index is 0.0102. The SMILES string of the molecule is CCC(=O)[C@H](CCCCNC(=O)CCCCCCC(=O)CCCCCNC(=O)c1ccc(NCC(C)=O)nc1)NC(=O)CCC(=O)CCCCCCC(=O)ON1C(=O)CCC1=O.CCCCOCCOCCOCCCCC(=O)CCCC[C@@H]1SC[C@@H]2NC(=O)N[C@@H]21. The summed E-state index contributed by atoms with van der Waals surface area (Å²) >= 11 is 1.94. The van der Waals surface area contributed by atoms with Crippen molar-refractivity contribution in [3.63, 3.8) is 0 Å². The first-order valence-corrected chi connectivity index (χ1v) is 35.1. The van der Waals surface area contributed by atoms with Gasteiger partial charge in [0.15, 0.2) is 5.78 Å². The normalized spacial score (nSPS) is 16.0.